The van der Waals surface area contributed by atoms with E-state index in [0.717, 1.165) is 31.2 Å². The molecule has 3 rings (SSSR count). The number of aromatic amines is 1. The Labute approximate surface area is 135 Å². The topological polar surface area (TPSA) is 87.9 Å². The van der Waals surface area contributed by atoms with E-state index in [2.05, 4.69) is 15.2 Å². The number of nitrogens with zero attached hydrogens (tertiary/aromatic N) is 3. The van der Waals surface area contributed by atoms with Crippen LogP contribution in [0, 0.1) is 0 Å². The highest BCUT2D eigenvalue weighted by Crippen LogP contribution is 2.33. The second-order valence-electron chi connectivity index (χ2n) is 5.75. The third-order valence-electron chi connectivity index (χ3n) is 4.16. The molecular weight excluding hydrogens is 323 g/mol. The second kappa shape index (κ2) is 6.14. The van der Waals surface area contributed by atoms with E-state index >= 15 is 0 Å². The zero-order chi connectivity index (χ0) is 17.3. The maximum atomic E-state index is 12.9. The van der Waals surface area contributed by atoms with Crippen LogP contribution in [0.25, 0.3) is 0 Å². The number of aromatic nitrogens is 3. The number of primary amides is 1. The molecule has 2 aromatic heterocycles. The lowest BCUT2D eigenvalue weighted by atomic mass is 9.92. The molecule has 6 nitrogen and oxygen atoms in total. The molecule has 0 bridgehead atoms. The fraction of sp³-hybridized carbons (Fsp3) is 0.400. The van der Waals surface area contributed by atoms with E-state index in [-0.39, 0.29) is 11.7 Å². The third kappa shape index (κ3) is 3.19. The first kappa shape index (κ1) is 16.3. The van der Waals surface area contributed by atoms with Crippen molar-refractivity contribution in [2.24, 2.45) is 5.73 Å². The Kier molecular flexibility index (Phi) is 4.16. The zero-order valence-electron chi connectivity index (χ0n) is 12.7. The molecule has 1 fully saturated rings. The van der Waals surface area contributed by atoms with Gasteiger partial charge in [-0.25, -0.2) is 4.98 Å². The minimum atomic E-state index is -4.41. The van der Waals surface area contributed by atoms with Crippen molar-refractivity contribution in [3.63, 3.8) is 0 Å². The number of amides is 1. The number of nitrogens with one attached hydrogen (secondary N) is 1. The SMILES string of the molecule is NC(=O)c1cn[nH]c1C1CCCN(c2cc(C(F)(F)F)ccn2)C1. The molecular formula is C15H16F3N5O. The van der Waals surface area contributed by atoms with E-state index in [1.165, 1.54) is 6.20 Å². The lowest BCUT2D eigenvalue weighted by Gasteiger charge is -2.33. The van der Waals surface area contributed by atoms with Gasteiger partial charge in [-0.2, -0.15) is 18.3 Å². The molecule has 1 saturated heterocycles. The highest BCUT2D eigenvalue weighted by molar-refractivity contribution is 5.93. The van der Waals surface area contributed by atoms with Crippen LogP contribution < -0.4 is 10.6 Å². The van der Waals surface area contributed by atoms with Crippen molar-refractivity contribution in [2.75, 3.05) is 18.0 Å². The van der Waals surface area contributed by atoms with Crippen LogP contribution in [0.3, 0.4) is 0 Å². The molecule has 2 aromatic rings. The Bertz CT molecular complexity index is 743. The van der Waals surface area contributed by atoms with Crippen LogP contribution in [-0.2, 0) is 6.18 Å². The number of pyridine rings is 1. The largest absolute Gasteiger partial charge is 0.416 e. The number of carbonyl (C=O) groups excluding carboxylic acids is 1. The number of H-pyrrole nitrogens is 1. The van der Waals surface area contributed by atoms with Crippen molar-refractivity contribution in [3.8, 4) is 0 Å². The van der Waals surface area contributed by atoms with Gasteiger partial charge in [-0.15, -0.1) is 0 Å². The van der Waals surface area contributed by atoms with Crippen LogP contribution in [-0.4, -0.2) is 34.2 Å². The number of hydrogen-bond donors (Lipinski definition) is 2. The normalized spacial score (nSPS) is 18.6. The van der Waals surface area contributed by atoms with Gasteiger partial charge in [-0.3, -0.25) is 9.89 Å². The Balaban J connectivity index is 1.84. The van der Waals surface area contributed by atoms with Gasteiger partial charge in [-0.05, 0) is 25.0 Å². The van der Waals surface area contributed by atoms with Crippen LogP contribution in [0.1, 0.15) is 40.4 Å². The summed E-state index contributed by atoms with van der Waals surface area (Å²) in [6, 6.07) is 2.00. The van der Waals surface area contributed by atoms with E-state index in [9.17, 15) is 18.0 Å². The summed E-state index contributed by atoms with van der Waals surface area (Å²) in [6.45, 7) is 1.04. The molecule has 0 aromatic carbocycles. The van der Waals surface area contributed by atoms with E-state index < -0.39 is 17.6 Å². The van der Waals surface area contributed by atoms with Crippen molar-refractivity contribution in [1.29, 1.82) is 0 Å². The molecule has 3 heterocycles. The molecule has 0 aliphatic carbocycles. The van der Waals surface area contributed by atoms with E-state index in [4.69, 9.17) is 5.73 Å². The van der Waals surface area contributed by atoms with E-state index in [1.54, 1.807) is 4.90 Å². The average molecular weight is 339 g/mol. The van der Waals surface area contributed by atoms with Crippen LogP contribution >= 0.6 is 0 Å². The predicted octanol–water partition coefficient (Wildman–Crippen LogP) is 2.31. The fourth-order valence-corrected chi connectivity index (χ4v) is 2.99. The van der Waals surface area contributed by atoms with Gasteiger partial charge in [0.2, 0.25) is 0 Å². The Morgan fingerprint density at radius 1 is 1.42 bits per heavy atom. The Hall–Kier alpha value is -2.58. The molecule has 1 aliphatic heterocycles. The van der Waals surface area contributed by atoms with Crippen LogP contribution in [0.4, 0.5) is 19.0 Å². The maximum Gasteiger partial charge on any atom is 0.416 e. The summed E-state index contributed by atoms with van der Waals surface area (Å²) in [6.07, 6.45) is -0.320. The lowest BCUT2D eigenvalue weighted by Crippen LogP contribution is -2.36. The Morgan fingerprint density at radius 3 is 2.92 bits per heavy atom. The van der Waals surface area contributed by atoms with Gasteiger partial charge >= 0.3 is 6.18 Å². The van der Waals surface area contributed by atoms with Gasteiger partial charge in [0.1, 0.15) is 5.82 Å². The Morgan fingerprint density at radius 2 is 2.21 bits per heavy atom. The molecule has 1 unspecified atom stereocenters. The van der Waals surface area contributed by atoms with Gasteiger partial charge in [0.05, 0.1) is 23.0 Å². The monoisotopic (exact) mass is 339 g/mol. The smallest absolute Gasteiger partial charge is 0.365 e. The van der Waals surface area contributed by atoms with Gasteiger partial charge in [-0.1, -0.05) is 0 Å². The van der Waals surface area contributed by atoms with Crippen molar-refractivity contribution in [3.05, 3.63) is 41.3 Å². The quantitative estimate of drug-likeness (QED) is 0.898. The van der Waals surface area contributed by atoms with Crippen LogP contribution in [0.2, 0.25) is 0 Å². The molecule has 1 aliphatic rings. The zero-order valence-corrected chi connectivity index (χ0v) is 12.7. The molecule has 3 N–H and O–H groups in total. The second-order valence-corrected chi connectivity index (χ2v) is 5.75. The lowest BCUT2D eigenvalue weighted by molar-refractivity contribution is -0.137. The van der Waals surface area contributed by atoms with Crippen molar-refractivity contribution < 1.29 is 18.0 Å². The van der Waals surface area contributed by atoms with Crippen LogP contribution in [0.5, 0.6) is 0 Å². The summed E-state index contributed by atoms with van der Waals surface area (Å²) in [7, 11) is 0. The summed E-state index contributed by atoms with van der Waals surface area (Å²) in [5, 5.41) is 6.64. The molecule has 1 amide bonds. The minimum absolute atomic E-state index is 0.0694. The average Bonchev–Trinajstić information content (AvgIpc) is 3.04. The van der Waals surface area contributed by atoms with E-state index in [1.807, 2.05) is 0 Å². The van der Waals surface area contributed by atoms with Gasteiger partial charge in [0, 0.05) is 25.2 Å². The van der Waals surface area contributed by atoms with Gasteiger partial charge in [0.15, 0.2) is 0 Å². The van der Waals surface area contributed by atoms with E-state index in [0.29, 0.717) is 24.3 Å². The number of rotatable bonds is 3. The highest BCUT2D eigenvalue weighted by Gasteiger charge is 2.32. The molecule has 1 atom stereocenters. The van der Waals surface area contributed by atoms with Gasteiger partial charge in [0.25, 0.3) is 5.91 Å². The van der Waals surface area contributed by atoms with Crippen molar-refractivity contribution in [1.82, 2.24) is 15.2 Å². The first-order chi connectivity index (χ1) is 11.4. The predicted molar refractivity (Wildman–Crippen MR) is 80.5 cm³/mol. The number of carbonyl (C=O) groups is 1. The summed E-state index contributed by atoms with van der Waals surface area (Å²) >= 11 is 0. The minimum Gasteiger partial charge on any atom is -0.365 e. The molecule has 0 spiro atoms. The molecule has 0 saturated carbocycles. The molecule has 128 valence electrons. The summed E-state index contributed by atoms with van der Waals surface area (Å²) in [5.74, 6) is -0.372. The molecule has 0 radical (unpaired) electrons. The summed E-state index contributed by atoms with van der Waals surface area (Å²) < 4.78 is 38.6. The number of halogens is 3. The number of anilines is 1. The first-order valence-electron chi connectivity index (χ1n) is 7.47. The number of piperidine rings is 1. The number of alkyl halides is 3. The fourth-order valence-electron chi connectivity index (χ4n) is 2.99. The van der Waals surface area contributed by atoms with Crippen molar-refractivity contribution in [2.45, 2.75) is 24.9 Å². The molecule has 24 heavy (non-hydrogen) atoms. The summed E-state index contributed by atoms with van der Waals surface area (Å²) in [4.78, 5) is 17.3. The number of hydrogen-bond acceptors (Lipinski definition) is 4. The highest BCUT2D eigenvalue weighted by atomic mass is 19.4. The number of nitrogens with two attached hydrogens (primary N) is 1. The third-order valence-corrected chi connectivity index (χ3v) is 4.16. The molecule has 9 heteroatoms. The van der Waals surface area contributed by atoms with Crippen LogP contribution in [0.15, 0.2) is 24.5 Å². The first-order valence-corrected chi connectivity index (χ1v) is 7.47. The van der Waals surface area contributed by atoms with Crippen molar-refractivity contribution >= 4 is 11.7 Å². The standard InChI is InChI=1S/C15H16F3N5O/c16-15(17,18)10-3-4-20-12(6-10)23-5-1-2-9(8-23)13-11(14(19)24)7-21-22-13/h3-4,6-7,9H,1-2,5,8H2,(H2,19,24)(H,21,22). The summed E-state index contributed by atoms with van der Waals surface area (Å²) in [5.41, 5.74) is 5.54. The van der Waals surface area contributed by atoms with Gasteiger partial charge < -0.3 is 10.6 Å². The maximum absolute atomic E-state index is 12.9.